The van der Waals surface area contributed by atoms with Gasteiger partial charge in [0, 0.05) is 32.9 Å². The van der Waals surface area contributed by atoms with Crippen LogP contribution < -0.4 is 0 Å². The van der Waals surface area contributed by atoms with Crippen molar-refractivity contribution >= 4 is 21.8 Å². The largest absolute Gasteiger partial charge is 0.309 e. The highest BCUT2D eigenvalue weighted by atomic mass is 15.1. The second kappa shape index (κ2) is 12.7. The predicted molar refractivity (Wildman–Crippen MR) is 232 cm³/mol. The Bertz CT molecular complexity index is 2970. The maximum absolute atomic E-state index is 5.42. The number of hydrogen-bond donors (Lipinski definition) is 0. The Hall–Kier alpha value is -6.65. The number of hydrogen-bond acceptors (Lipinski definition) is 3. The molecule has 7 aromatic carbocycles. The molecule has 4 heteroatoms. The lowest BCUT2D eigenvalue weighted by molar-refractivity contribution is 0.591. The summed E-state index contributed by atoms with van der Waals surface area (Å²) in [5.74, 6) is 1.94. The van der Waals surface area contributed by atoms with Crippen LogP contribution in [0.3, 0.4) is 0 Å². The fourth-order valence-corrected chi connectivity index (χ4v) is 8.45. The summed E-state index contributed by atoms with van der Waals surface area (Å²) < 4.78 is 2.42. The predicted octanol–water partition coefficient (Wildman–Crippen LogP) is 13.2. The SMILES string of the molecule is CC(C)(C)c1ccc2c(c1)c1cc3ccc1n2-c1ccc(-c2cccc(-c4ccccc4)c2)cc1-c1nc(-c2ccccc2)nc(n1)-c1ccccc1C3(C)C. The average molecular weight is 723 g/mol. The Kier molecular flexibility index (Phi) is 7.69. The van der Waals surface area contributed by atoms with Gasteiger partial charge < -0.3 is 4.57 Å². The van der Waals surface area contributed by atoms with Gasteiger partial charge in [-0.05, 0) is 86.8 Å². The standard InChI is InChI=1S/C52H42N4/c1-51(2,3)38-24-27-45-41(31-38)42-32-39-25-28-46(42)56(45)47-26-23-37(36-20-14-19-35(29-36)33-15-8-6-9-16-33)30-43(47)50-54-48(34-17-10-7-11-18-34)53-49(55-50)40-21-12-13-22-44(40)52(39,4)5/h6-32H,1-5H3. The van der Waals surface area contributed by atoms with Gasteiger partial charge in [-0.3, -0.25) is 0 Å². The third-order valence-electron chi connectivity index (χ3n) is 11.6. The van der Waals surface area contributed by atoms with Crippen LogP contribution in [0.4, 0.5) is 0 Å². The van der Waals surface area contributed by atoms with Crippen molar-refractivity contribution in [3.05, 3.63) is 180 Å². The van der Waals surface area contributed by atoms with Crippen LogP contribution in [-0.4, -0.2) is 19.5 Å². The van der Waals surface area contributed by atoms with E-state index in [0.29, 0.717) is 17.5 Å². The second-order valence-corrected chi connectivity index (χ2v) is 16.6. The average Bonchev–Trinajstić information content (AvgIpc) is 3.56. The van der Waals surface area contributed by atoms with E-state index < -0.39 is 0 Å². The molecule has 0 saturated heterocycles. The smallest absolute Gasteiger partial charge is 0.166 e. The van der Waals surface area contributed by atoms with Crippen molar-refractivity contribution in [3.8, 4) is 62.1 Å². The van der Waals surface area contributed by atoms with Crippen LogP contribution in [-0.2, 0) is 10.8 Å². The van der Waals surface area contributed by atoms with E-state index in [0.717, 1.165) is 44.5 Å². The first-order valence-electron chi connectivity index (χ1n) is 19.4. The molecule has 11 rings (SSSR count). The zero-order valence-corrected chi connectivity index (χ0v) is 32.4. The molecule has 0 spiro atoms. The van der Waals surface area contributed by atoms with Gasteiger partial charge in [0.25, 0.3) is 0 Å². The number of aromatic nitrogens is 4. The summed E-state index contributed by atoms with van der Waals surface area (Å²) in [6.07, 6.45) is 0. The van der Waals surface area contributed by atoms with Gasteiger partial charge in [0.15, 0.2) is 17.5 Å². The van der Waals surface area contributed by atoms with Gasteiger partial charge in [-0.2, -0.15) is 0 Å². The van der Waals surface area contributed by atoms with E-state index in [-0.39, 0.29) is 10.8 Å². The fourth-order valence-electron chi connectivity index (χ4n) is 8.45. The molecule has 2 aromatic heterocycles. The van der Waals surface area contributed by atoms with Gasteiger partial charge in [0.1, 0.15) is 0 Å². The fraction of sp³-hybridized carbons (Fsp3) is 0.135. The van der Waals surface area contributed by atoms with Crippen molar-refractivity contribution in [1.29, 1.82) is 0 Å². The van der Waals surface area contributed by atoms with Gasteiger partial charge in [0.05, 0.1) is 16.7 Å². The Morgan fingerprint density at radius 1 is 0.446 bits per heavy atom. The van der Waals surface area contributed by atoms with E-state index in [2.05, 4.69) is 185 Å². The lowest BCUT2D eigenvalue weighted by Gasteiger charge is -2.28. The molecule has 0 unspecified atom stereocenters. The van der Waals surface area contributed by atoms with Crippen molar-refractivity contribution in [1.82, 2.24) is 19.5 Å². The first kappa shape index (κ1) is 33.9. The number of fused-ring (bicyclic) bond motifs is 2. The molecule has 270 valence electrons. The molecule has 0 atom stereocenters. The third kappa shape index (κ3) is 5.55. The molecule has 0 aliphatic carbocycles. The topological polar surface area (TPSA) is 43.6 Å². The summed E-state index contributed by atoms with van der Waals surface area (Å²) in [5.41, 5.74) is 14.1. The van der Waals surface area contributed by atoms with Crippen LogP contribution in [0.15, 0.2) is 164 Å². The Morgan fingerprint density at radius 3 is 1.75 bits per heavy atom. The van der Waals surface area contributed by atoms with Crippen molar-refractivity contribution in [2.24, 2.45) is 0 Å². The summed E-state index contributed by atoms with van der Waals surface area (Å²) >= 11 is 0. The minimum absolute atomic E-state index is 0.00448. The lowest BCUT2D eigenvalue weighted by Crippen LogP contribution is -2.20. The summed E-state index contributed by atoms with van der Waals surface area (Å²) in [6, 6.07) is 59.1. The molecule has 4 nitrogen and oxygen atoms in total. The summed E-state index contributed by atoms with van der Waals surface area (Å²) in [7, 11) is 0. The molecule has 2 aliphatic rings. The van der Waals surface area contributed by atoms with Crippen molar-refractivity contribution < 1.29 is 0 Å². The molecular weight excluding hydrogens is 681 g/mol. The Labute approximate surface area is 328 Å². The van der Waals surface area contributed by atoms with E-state index in [9.17, 15) is 0 Å². The molecule has 4 heterocycles. The molecule has 56 heavy (non-hydrogen) atoms. The zero-order valence-electron chi connectivity index (χ0n) is 32.4. The quantitative estimate of drug-likeness (QED) is 0.182. The molecule has 9 aromatic rings. The third-order valence-corrected chi connectivity index (χ3v) is 11.6. The lowest BCUT2D eigenvalue weighted by atomic mass is 9.75. The number of nitrogens with zero attached hydrogens (tertiary/aromatic N) is 4. The number of benzene rings is 7. The van der Waals surface area contributed by atoms with Gasteiger partial charge in [0.2, 0.25) is 0 Å². The highest BCUT2D eigenvalue weighted by molar-refractivity contribution is 6.10. The van der Waals surface area contributed by atoms with E-state index in [1.165, 1.54) is 38.6 Å². The molecule has 0 fully saturated rings. The van der Waals surface area contributed by atoms with E-state index >= 15 is 0 Å². The summed E-state index contributed by atoms with van der Waals surface area (Å²) in [6.45, 7) is 11.5. The zero-order chi connectivity index (χ0) is 38.2. The van der Waals surface area contributed by atoms with Gasteiger partial charge in [-0.15, -0.1) is 0 Å². The van der Waals surface area contributed by atoms with Gasteiger partial charge in [-0.1, -0.05) is 156 Å². The summed E-state index contributed by atoms with van der Waals surface area (Å²) in [4.78, 5) is 16.0. The van der Waals surface area contributed by atoms with Crippen LogP contribution in [0.2, 0.25) is 0 Å². The van der Waals surface area contributed by atoms with Crippen LogP contribution in [0, 0.1) is 0 Å². The van der Waals surface area contributed by atoms with Crippen LogP contribution >= 0.6 is 0 Å². The Balaban J connectivity index is 1.34. The van der Waals surface area contributed by atoms with Crippen molar-refractivity contribution in [3.63, 3.8) is 0 Å². The first-order valence-corrected chi connectivity index (χ1v) is 19.4. The molecule has 0 radical (unpaired) electrons. The van der Waals surface area contributed by atoms with Crippen LogP contribution in [0.1, 0.15) is 51.3 Å². The maximum Gasteiger partial charge on any atom is 0.166 e. The number of rotatable bonds is 3. The molecular formula is C52H42N4. The molecule has 2 aliphatic heterocycles. The monoisotopic (exact) mass is 722 g/mol. The van der Waals surface area contributed by atoms with Crippen molar-refractivity contribution in [2.75, 3.05) is 0 Å². The maximum atomic E-state index is 5.42. The van der Waals surface area contributed by atoms with Crippen LogP contribution in [0.5, 0.6) is 0 Å². The minimum Gasteiger partial charge on any atom is -0.309 e. The van der Waals surface area contributed by atoms with Gasteiger partial charge >= 0.3 is 0 Å². The highest BCUT2D eigenvalue weighted by Crippen LogP contribution is 2.44. The normalized spacial score (nSPS) is 13.2. The highest BCUT2D eigenvalue weighted by Gasteiger charge is 2.30. The van der Waals surface area contributed by atoms with E-state index in [1.54, 1.807) is 0 Å². The van der Waals surface area contributed by atoms with Crippen LogP contribution in [0.25, 0.3) is 83.9 Å². The molecule has 0 saturated carbocycles. The van der Waals surface area contributed by atoms with E-state index in [4.69, 9.17) is 15.0 Å². The molecule has 6 bridgehead atoms. The van der Waals surface area contributed by atoms with Gasteiger partial charge in [-0.25, -0.2) is 15.0 Å². The summed E-state index contributed by atoms with van der Waals surface area (Å²) in [5, 5.41) is 2.47. The van der Waals surface area contributed by atoms with Crippen molar-refractivity contribution in [2.45, 2.75) is 45.4 Å². The Morgan fingerprint density at radius 2 is 1.02 bits per heavy atom. The van der Waals surface area contributed by atoms with E-state index in [1.807, 2.05) is 18.2 Å². The minimum atomic E-state index is -0.363. The second-order valence-electron chi connectivity index (χ2n) is 16.6. The molecule has 0 N–H and O–H groups in total. The first-order chi connectivity index (χ1) is 27.1. The molecule has 0 amide bonds.